The lowest BCUT2D eigenvalue weighted by Crippen LogP contribution is -2.53. The van der Waals surface area contributed by atoms with E-state index in [-0.39, 0.29) is 6.61 Å². The topological polar surface area (TPSA) is 82.1 Å². The van der Waals surface area contributed by atoms with Crippen LogP contribution in [0.3, 0.4) is 0 Å². The fourth-order valence-electron chi connectivity index (χ4n) is 1.56. The maximum Gasteiger partial charge on any atom is 0.331 e. The van der Waals surface area contributed by atoms with Crippen molar-refractivity contribution in [3.05, 3.63) is 0 Å². The summed E-state index contributed by atoms with van der Waals surface area (Å²) in [7, 11) is 1.31. The summed E-state index contributed by atoms with van der Waals surface area (Å²) in [6.45, 7) is 3.30. The van der Waals surface area contributed by atoms with Crippen molar-refractivity contribution in [3.63, 3.8) is 0 Å². The van der Waals surface area contributed by atoms with E-state index < -0.39 is 12.1 Å². The molecule has 0 aliphatic carbocycles. The van der Waals surface area contributed by atoms with Crippen LogP contribution in [0.5, 0.6) is 0 Å². The Morgan fingerprint density at radius 1 is 1.24 bits per heavy atom. The predicted octanol–water partition coefficient (Wildman–Crippen LogP) is -1.86. The lowest BCUT2D eigenvalue weighted by Gasteiger charge is -2.35. The molecule has 0 aromatic heterocycles. The molecule has 7 nitrogen and oxygen atoms in total. The van der Waals surface area contributed by atoms with E-state index in [1.165, 1.54) is 12.0 Å². The minimum absolute atomic E-state index is 0.0461. The van der Waals surface area contributed by atoms with Crippen LogP contribution in [-0.4, -0.2) is 74.9 Å². The summed E-state index contributed by atoms with van der Waals surface area (Å²) in [5.41, 5.74) is 0. The van der Waals surface area contributed by atoms with Crippen molar-refractivity contribution in [2.45, 2.75) is 0 Å². The highest BCUT2D eigenvalue weighted by Crippen LogP contribution is 2.00. The van der Waals surface area contributed by atoms with Gasteiger partial charge in [-0.15, -0.1) is 0 Å². The molecule has 1 aliphatic rings. The van der Waals surface area contributed by atoms with Gasteiger partial charge in [0.25, 0.3) is 0 Å². The molecule has 0 radical (unpaired) electrons. The molecular weight excluding hydrogens is 228 g/mol. The number of carbonyl (C=O) groups is 2. The number of hydrogen-bond donors (Lipinski definition) is 0. The highest BCUT2D eigenvalue weighted by molar-refractivity contribution is 5.70. The van der Waals surface area contributed by atoms with Crippen LogP contribution in [-0.2, 0) is 14.3 Å². The van der Waals surface area contributed by atoms with Crippen molar-refractivity contribution >= 4 is 12.1 Å². The lowest BCUT2D eigenvalue weighted by atomic mass is 10.3. The number of carboxylic acid groups (broad SMARTS) is 1. The standard InChI is InChI=1S/C10H18N2O5/c1-16-9(13)8-17-7-6-11-2-4-12(5-3-11)10(14)15/h2-8H2,1H3,(H,14,15)/p-1. The average Bonchev–Trinajstić information content (AvgIpc) is 2.34. The van der Waals surface area contributed by atoms with Gasteiger partial charge in [0.15, 0.2) is 0 Å². The van der Waals surface area contributed by atoms with Gasteiger partial charge in [-0.25, -0.2) is 4.79 Å². The third kappa shape index (κ3) is 5.01. The second kappa shape index (κ2) is 7.08. The van der Waals surface area contributed by atoms with Crippen molar-refractivity contribution in [1.29, 1.82) is 0 Å². The van der Waals surface area contributed by atoms with Gasteiger partial charge >= 0.3 is 5.97 Å². The summed E-state index contributed by atoms with van der Waals surface area (Å²) in [6, 6.07) is 0. The van der Waals surface area contributed by atoms with E-state index in [4.69, 9.17) is 4.74 Å². The molecule has 1 amide bonds. The zero-order valence-corrected chi connectivity index (χ0v) is 9.89. The predicted molar refractivity (Wildman–Crippen MR) is 56.2 cm³/mol. The number of rotatable bonds is 5. The maximum atomic E-state index is 10.7. The van der Waals surface area contributed by atoms with Gasteiger partial charge in [0.1, 0.15) is 12.7 Å². The minimum Gasteiger partial charge on any atom is -0.530 e. The van der Waals surface area contributed by atoms with Gasteiger partial charge in [-0.2, -0.15) is 0 Å². The second-order valence-electron chi connectivity index (χ2n) is 3.72. The molecule has 0 aromatic carbocycles. The molecule has 0 spiro atoms. The van der Waals surface area contributed by atoms with Gasteiger partial charge in [-0.1, -0.05) is 0 Å². The molecular formula is C10H17N2O5-. The minimum atomic E-state index is -1.12. The largest absolute Gasteiger partial charge is 0.530 e. The first-order chi connectivity index (χ1) is 8.13. The van der Waals surface area contributed by atoms with Gasteiger partial charge in [0, 0.05) is 32.7 Å². The van der Waals surface area contributed by atoms with Crippen LogP contribution in [0.4, 0.5) is 4.79 Å². The first-order valence-electron chi connectivity index (χ1n) is 5.46. The number of hydrogen-bond acceptors (Lipinski definition) is 6. The first-order valence-corrected chi connectivity index (χ1v) is 5.46. The van der Waals surface area contributed by atoms with Gasteiger partial charge in [0.05, 0.1) is 13.7 Å². The molecule has 7 heteroatoms. The molecule has 0 bridgehead atoms. The Morgan fingerprint density at radius 2 is 1.88 bits per heavy atom. The molecule has 1 aliphatic heterocycles. The average molecular weight is 245 g/mol. The number of piperazine rings is 1. The first kappa shape index (κ1) is 13.7. The molecule has 1 heterocycles. The molecule has 17 heavy (non-hydrogen) atoms. The lowest BCUT2D eigenvalue weighted by molar-refractivity contribution is -0.266. The zero-order valence-electron chi connectivity index (χ0n) is 9.89. The van der Waals surface area contributed by atoms with Crippen molar-refractivity contribution in [1.82, 2.24) is 9.80 Å². The number of nitrogens with zero attached hydrogens (tertiary/aromatic N) is 2. The van der Waals surface area contributed by atoms with Crippen molar-refractivity contribution in [2.75, 3.05) is 53.0 Å². The Bertz CT molecular complexity index is 263. The number of ether oxygens (including phenoxy) is 2. The van der Waals surface area contributed by atoms with E-state index in [0.717, 1.165) is 0 Å². The highest BCUT2D eigenvalue weighted by Gasteiger charge is 2.16. The Kier molecular flexibility index (Phi) is 5.71. The summed E-state index contributed by atoms with van der Waals surface area (Å²) in [6.07, 6.45) is -1.12. The summed E-state index contributed by atoms with van der Waals surface area (Å²) < 4.78 is 9.53. The molecule has 0 N–H and O–H groups in total. The quantitative estimate of drug-likeness (QED) is 0.417. The van der Waals surface area contributed by atoms with Crippen molar-refractivity contribution < 1.29 is 24.2 Å². The zero-order chi connectivity index (χ0) is 12.7. The van der Waals surface area contributed by atoms with E-state index in [9.17, 15) is 14.7 Å². The number of carbonyl (C=O) groups excluding carboxylic acids is 2. The monoisotopic (exact) mass is 245 g/mol. The molecule has 0 saturated carbocycles. The number of amides is 1. The molecule has 0 atom stereocenters. The Morgan fingerprint density at radius 3 is 2.41 bits per heavy atom. The van der Waals surface area contributed by atoms with Crippen LogP contribution in [0.1, 0.15) is 0 Å². The smallest absolute Gasteiger partial charge is 0.331 e. The fraction of sp³-hybridized carbons (Fsp3) is 0.800. The van der Waals surface area contributed by atoms with E-state index in [2.05, 4.69) is 9.64 Å². The summed E-state index contributed by atoms with van der Waals surface area (Å²) >= 11 is 0. The van der Waals surface area contributed by atoms with Gasteiger partial charge < -0.3 is 24.3 Å². The van der Waals surface area contributed by atoms with E-state index in [1.54, 1.807) is 0 Å². The number of esters is 1. The Labute approximate surface area is 99.9 Å². The molecule has 0 unspecified atom stereocenters. The maximum absolute atomic E-state index is 10.7. The number of methoxy groups -OCH3 is 1. The van der Waals surface area contributed by atoms with Crippen molar-refractivity contribution in [2.24, 2.45) is 0 Å². The van der Waals surface area contributed by atoms with Crippen LogP contribution in [0, 0.1) is 0 Å². The van der Waals surface area contributed by atoms with Crippen LogP contribution >= 0.6 is 0 Å². The van der Waals surface area contributed by atoms with Crippen LogP contribution in [0.15, 0.2) is 0 Å². The van der Waals surface area contributed by atoms with Gasteiger partial charge in [-0.05, 0) is 0 Å². The van der Waals surface area contributed by atoms with E-state index >= 15 is 0 Å². The summed E-state index contributed by atoms with van der Waals surface area (Å²) in [4.78, 5) is 24.7. The molecule has 1 rings (SSSR count). The molecule has 0 aromatic rings. The van der Waals surface area contributed by atoms with Gasteiger partial charge in [0.2, 0.25) is 0 Å². The van der Waals surface area contributed by atoms with Crippen LogP contribution in [0.25, 0.3) is 0 Å². The summed E-state index contributed by atoms with van der Waals surface area (Å²) in [5.74, 6) is -0.397. The SMILES string of the molecule is COC(=O)COCCN1CCN(C(=O)[O-])CC1. The normalized spacial score (nSPS) is 16.9. The Hall–Kier alpha value is -1.34. The van der Waals surface area contributed by atoms with Gasteiger partial charge in [-0.3, -0.25) is 4.90 Å². The van der Waals surface area contributed by atoms with E-state index in [1.807, 2.05) is 0 Å². The van der Waals surface area contributed by atoms with Crippen LogP contribution < -0.4 is 5.11 Å². The second-order valence-corrected chi connectivity index (χ2v) is 3.72. The highest BCUT2D eigenvalue weighted by atomic mass is 16.6. The molecule has 1 saturated heterocycles. The summed E-state index contributed by atoms with van der Waals surface area (Å²) in [5, 5.41) is 10.5. The Balaban J connectivity index is 2.06. The van der Waals surface area contributed by atoms with Crippen molar-refractivity contribution in [3.8, 4) is 0 Å². The van der Waals surface area contributed by atoms with Crippen LogP contribution in [0.2, 0.25) is 0 Å². The molecule has 1 fully saturated rings. The molecule has 98 valence electrons. The fourth-order valence-corrected chi connectivity index (χ4v) is 1.56. The van der Waals surface area contributed by atoms with E-state index in [0.29, 0.717) is 39.3 Å². The third-order valence-corrected chi connectivity index (χ3v) is 2.63. The third-order valence-electron chi connectivity index (χ3n) is 2.63.